The predicted octanol–water partition coefficient (Wildman–Crippen LogP) is 5.66. The Kier molecular flexibility index (Phi) is 7.42. The van der Waals surface area contributed by atoms with Crippen molar-refractivity contribution in [2.75, 3.05) is 29.8 Å². The third-order valence-electron chi connectivity index (χ3n) is 5.84. The third kappa shape index (κ3) is 5.12. The zero-order valence-corrected chi connectivity index (χ0v) is 22.0. The molecule has 3 amide bonds. The highest BCUT2D eigenvalue weighted by molar-refractivity contribution is 6.53. The van der Waals surface area contributed by atoms with Gasteiger partial charge < -0.3 is 20.1 Å². The van der Waals surface area contributed by atoms with Crippen LogP contribution in [0.5, 0.6) is 11.5 Å². The quantitative estimate of drug-likeness (QED) is 0.376. The molecule has 0 fully saturated rings. The minimum Gasteiger partial charge on any atom is -0.497 e. The van der Waals surface area contributed by atoms with Crippen molar-refractivity contribution in [3.8, 4) is 11.5 Å². The molecule has 10 heteroatoms. The summed E-state index contributed by atoms with van der Waals surface area (Å²) in [6.07, 6.45) is 0. The summed E-state index contributed by atoms with van der Waals surface area (Å²) in [4.78, 5) is 40.1. The van der Waals surface area contributed by atoms with E-state index in [1.807, 2.05) is 6.92 Å². The molecule has 3 aromatic carbocycles. The Morgan fingerprint density at radius 3 is 2.27 bits per heavy atom. The van der Waals surface area contributed by atoms with Crippen LogP contribution in [-0.4, -0.2) is 31.9 Å². The molecule has 3 aromatic rings. The van der Waals surface area contributed by atoms with Gasteiger partial charge in [-0.15, -0.1) is 0 Å². The molecule has 0 unspecified atom stereocenters. The first-order valence-electron chi connectivity index (χ1n) is 11.1. The Morgan fingerprint density at radius 2 is 1.59 bits per heavy atom. The molecular weight excluding hydrogens is 517 g/mol. The number of benzene rings is 3. The fraction of sp³-hybridized carbons (Fsp3) is 0.148. The normalized spacial score (nSPS) is 13.2. The number of rotatable bonds is 7. The van der Waals surface area contributed by atoms with E-state index in [9.17, 15) is 14.4 Å². The minimum atomic E-state index is -0.708. The van der Waals surface area contributed by atoms with E-state index < -0.39 is 11.8 Å². The number of amides is 3. The lowest BCUT2D eigenvalue weighted by Gasteiger charge is -2.19. The summed E-state index contributed by atoms with van der Waals surface area (Å²) in [5.41, 5.74) is 3.03. The fourth-order valence-corrected chi connectivity index (χ4v) is 4.10. The first-order valence-corrected chi connectivity index (χ1v) is 11.9. The van der Waals surface area contributed by atoms with Gasteiger partial charge >= 0.3 is 0 Å². The molecular formula is C27H23Cl2N3O5. The SMILES string of the molecule is COc1ccc(N2C(=O)C(Cl)=C(Nc3cc(C(=O)Nc4ccc(C)c(Cl)c4)ccc3C)C2=O)c(OC)c1. The van der Waals surface area contributed by atoms with Crippen LogP contribution in [0, 0.1) is 13.8 Å². The molecule has 4 rings (SSSR count). The van der Waals surface area contributed by atoms with Gasteiger partial charge in [-0.3, -0.25) is 14.4 Å². The summed E-state index contributed by atoms with van der Waals surface area (Å²) in [5, 5.41) is 5.99. The molecule has 1 aliphatic heterocycles. The topological polar surface area (TPSA) is 97.0 Å². The van der Waals surface area contributed by atoms with Gasteiger partial charge in [-0.25, -0.2) is 4.90 Å². The van der Waals surface area contributed by atoms with Crippen molar-refractivity contribution in [3.05, 3.63) is 87.0 Å². The van der Waals surface area contributed by atoms with E-state index in [4.69, 9.17) is 32.7 Å². The highest BCUT2D eigenvalue weighted by Gasteiger charge is 2.40. The van der Waals surface area contributed by atoms with Gasteiger partial charge in [-0.05, 0) is 61.4 Å². The van der Waals surface area contributed by atoms with Crippen LogP contribution in [0.2, 0.25) is 5.02 Å². The van der Waals surface area contributed by atoms with Gasteiger partial charge in [-0.1, -0.05) is 35.3 Å². The van der Waals surface area contributed by atoms with E-state index in [1.165, 1.54) is 20.3 Å². The number of carbonyl (C=O) groups excluding carboxylic acids is 3. The largest absolute Gasteiger partial charge is 0.497 e. The number of nitrogens with one attached hydrogen (secondary N) is 2. The zero-order valence-electron chi connectivity index (χ0n) is 20.4. The minimum absolute atomic E-state index is 0.115. The molecule has 0 saturated heterocycles. The number of carbonyl (C=O) groups is 3. The van der Waals surface area contributed by atoms with Crippen molar-refractivity contribution in [1.29, 1.82) is 0 Å². The van der Waals surface area contributed by atoms with Crippen molar-refractivity contribution >= 4 is 58.0 Å². The summed E-state index contributed by atoms with van der Waals surface area (Å²) >= 11 is 12.5. The van der Waals surface area contributed by atoms with Crippen molar-refractivity contribution in [2.24, 2.45) is 0 Å². The first-order chi connectivity index (χ1) is 17.6. The van der Waals surface area contributed by atoms with Crippen LogP contribution in [0.1, 0.15) is 21.5 Å². The van der Waals surface area contributed by atoms with Crippen LogP contribution in [-0.2, 0) is 9.59 Å². The Labute approximate surface area is 223 Å². The maximum Gasteiger partial charge on any atom is 0.283 e. The van der Waals surface area contributed by atoms with Gasteiger partial charge in [0, 0.05) is 28.0 Å². The van der Waals surface area contributed by atoms with Crippen LogP contribution in [0.15, 0.2) is 65.3 Å². The molecule has 0 radical (unpaired) electrons. The van der Waals surface area contributed by atoms with Crippen molar-refractivity contribution < 1.29 is 23.9 Å². The Hall–Kier alpha value is -4.01. The third-order valence-corrected chi connectivity index (χ3v) is 6.60. The summed E-state index contributed by atoms with van der Waals surface area (Å²) < 4.78 is 10.5. The van der Waals surface area contributed by atoms with E-state index in [0.29, 0.717) is 27.7 Å². The Balaban J connectivity index is 1.60. The number of hydrogen-bond donors (Lipinski definition) is 2. The van der Waals surface area contributed by atoms with E-state index in [0.717, 1.165) is 16.0 Å². The Bertz CT molecular complexity index is 1470. The van der Waals surface area contributed by atoms with Crippen LogP contribution in [0.3, 0.4) is 0 Å². The van der Waals surface area contributed by atoms with Crippen molar-refractivity contribution in [1.82, 2.24) is 0 Å². The number of ether oxygens (including phenoxy) is 2. The molecule has 1 heterocycles. The lowest BCUT2D eigenvalue weighted by atomic mass is 10.1. The van der Waals surface area contributed by atoms with Gasteiger partial charge in [0.25, 0.3) is 17.7 Å². The molecule has 0 spiro atoms. The van der Waals surface area contributed by atoms with Gasteiger partial charge in [0.15, 0.2) is 0 Å². The van der Waals surface area contributed by atoms with Crippen LogP contribution >= 0.6 is 23.2 Å². The van der Waals surface area contributed by atoms with Crippen molar-refractivity contribution in [2.45, 2.75) is 13.8 Å². The average Bonchev–Trinajstić information content (AvgIpc) is 3.09. The van der Waals surface area contributed by atoms with Gasteiger partial charge in [0.1, 0.15) is 22.2 Å². The highest BCUT2D eigenvalue weighted by Crippen LogP contribution is 2.38. The second-order valence-corrected chi connectivity index (χ2v) is 9.03. The lowest BCUT2D eigenvalue weighted by Crippen LogP contribution is -2.32. The fourth-order valence-electron chi connectivity index (χ4n) is 3.71. The molecule has 0 bridgehead atoms. The number of hydrogen-bond acceptors (Lipinski definition) is 6. The summed E-state index contributed by atoms with van der Waals surface area (Å²) in [5.74, 6) is -0.988. The van der Waals surface area contributed by atoms with Crippen LogP contribution in [0.4, 0.5) is 17.1 Å². The first kappa shape index (κ1) is 26.1. The highest BCUT2D eigenvalue weighted by atomic mass is 35.5. The molecule has 0 atom stereocenters. The second kappa shape index (κ2) is 10.5. The second-order valence-electron chi connectivity index (χ2n) is 8.25. The molecule has 0 aliphatic carbocycles. The van der Waals surface area contributed by atoms with Gasteiger partial charge in [0.05, 0.1) is 19.9 Å². The number of methoxy groups -OCH3 is 2. The summed E-state index contributed by atoms with van der Waals surface area (Å²) in [7, 11) is 2.91. The van der Waals surface area contributed by atoms with E-state index >= 15 is 0 Å². The lowest BCUT2D eigenvalue weighted by molar-refractivity contribution is -0.120. The molecule has 8 nitrogen and oxygen atoms in total. The molecule has 0 aromatic heterocycles. The molecule has 2 N–H and O–H groups in total. The number of nitrogens with zero attached hydrogens (tertiary/aromatic N) is 1. The summed E-state index contributed by atoms with van der Waals surface area (Å²) in [6, 6.07) is 14.9. The number of halogens is 2. The number of aryl methyl sites for hydroxylation is 2. The van der Waals surface area contributed by atoms with Crippen molar-refractivity contribution in [3.63, 3.8) is 0 Å². The Morgan fingerprint density at radius 1 is 0.865 bits per heavy atom. The standard InChI is InChI=1S/C27H23Cl2N3O5/c1-14-6-8-17(12-19(14)28)30-25(33)16-7-5-15(2)20(11-16)31-24-23(29)26(34)32(27(24)35)21-10-9-18(36-3)13-22(21)37-4/h5-13,31H,1-4H3,(H,30,33). The molecule has 190 valence electrons. The van der Waals surface area contributed by atoms with E-state index in [1.54, 1.807) is 55.5 Å². The number of imide groups is 1. The van der Waals surface area contributed by atoms with E-state index in [2.05, 4.69) is 10.6 Å². The molecule has 1 aliphatic rings. The van der Waals surface area contributed by atoms with Crippen LogP contribution < -0.4 is 25.0 Å². The van der Waals surface area contributed by atoms with E-state index in [-0.39, 0.29) is 28.1 Å². The van der Waals surface area contributed by atoms with Gasteiger partial charge in [0.2, 0.25) is 0 Å². The smallest absolute Gasteiger partial charge is 0.283 e. The van der Waals surface area contributed by atoms with Gasteiger partial charge in [-0.2, -0.15) is 0 Å². The maximum absolute atomic E-state index is 13.3. The molecule has 37 heavy (non-hydrogen) atoms. The average molecular weight is 540 g/mol. The monoisotopic (exact) mass is 539 g/mol. The summed E-state index contributed by atoms with van der Waals surface area (Å²) in [6.45, 7) is 3.66. The van der Waals surface area contributed by atoms with Crippen LogP contribution in [0.25, 0.3) is 0 Å². The molecule has 0 saturated carbocycles. The number of anilines is 3. The maximum atomic E-state index is 13.3. The zero-order chi connectivity index (χ0) is 26.9. The predicted molar refractivity (Wildman–Crippen MR) is 144 cm³/mol.